The smallest absolute Gasteiger partial charge is 0.0329 e. The number of halogens is 1. The fourth-order valence-corrected chi connectivity index (χ4v) is 2.72. The van der Waals surface area contributed by atoms with Gasteiger partial charge in [-0.3, -0.25) is 0 Å². The van der Waals surface area contributed by atoms with Gasteiger partial charge in [0.1, 0.15) is 0 Å². The van der Waals surface area contributed by atoms with Crippen LogP contribution in [0, 0.1) is 6.92 Å². The number of hydrogen-bond donors (Lipinski definition) is 1. The van der Waals surface area contributed by atoms with E-state index in [1.807, 2.05) is 0 Å². The average Bonchev–Trinajstić information content (AvgIpc) is 2.82. The van der Waals surface area contributed by atoms with Crippen LogP contribution in [0.2, 0.25) is 0 Å². The maximum absolute atomic E-state index is 3.67. The van der Waals surface area contributed by atoms with E-state index < -0.39 is 0 Å². The first-order valence-corrected chi connectivity index (χ1v) is 6.69. The monoisotopic (exact) mass is 273 g/mol. The second-order valence-electron chi connectivity index (χ2n) is 5.16. The van der Waals surface area contributed by atoms with Gasteiger partial charge in [-0.25, -0.2) is 0 Å². The minimum atomic E-state index is 0. The minimum Gasteiger partial charge on any atom is -0.306 e. The Morgan fingerprint density at radius 2 is 1.79 bits per heavy atom. The molecule has 0 aliphatic heterocycles. The summed E-state index contributed by atoms with van der Waals surface area (Å²) in [5.41, 5.74) is 5.69. The van der Waals surface area contributed by atoms with Crippen LogP contribution in [0.3, 0.4) is 0 Å². The highest BCUT2D eigenvalue weighted by Gasteiger charge is 2.20. The van der Waals surface area contributed by atoms with E-state index in [9.17, 15) is 0 Å². The molecule has 1 aliphatic carbocycles. The highest BCUT2D eigenvalue weighted by Crippen LogP contribution is 2.30. The summed E-state index contributed by atoms with van der Waals surface area (Å²) >= 11 is 0. The summed E-state index contributed by atoms with van der Waals surface area (Å²) in [5.74, 6) is 0. The van der Waals surface area contributed by atoms with Crippen LogP contribution >= 0.6 is 12.4 Å². The van der Waals surface area contributed by atoms with E-state index in [0.29, 0.717) is 6.04 Å². The summed E-state index contributed by atoms with van der Waals surface area (Å²) in [6, 6.07) is 18.1. The van der Waals surface area contributed by atoms with Gasteiger partial charge in [0.2, 0.25) is 0 Å². The van der Waals surface area contributed by atoms with Gasteiger partial charge in [0.05, 0.1) is 0 Å². The molecule has 19 heavy (non-hydrogen) atoms. The summed E-state index contributed by atoms with van der Waals surface area (Å²) in [7, 11) is 0. The highest BCUT2D eigenvalue weighted by atomic mass is 35.5. The van der Waals surface area contributed by atoms with E-state index in [1.54, 1.807) is 0 Å². The zero-order valence-corrected chi connectivity index (χ0v) is 12.0. The van der Waals surface area contributed by atoms with Gasteiger partial charge in [-0.05, 0) is 36.5 Å². The Bertz CT molecular complexity index is 533. The molecule has 0 spiro atoms. The molecule has 0 saturated heterocycles. The molecule has 0 aromatic heterocycles. The molecule has 2 aromatic rings. The van der Waals surface area contributed by atoms with Gasteiger partial charge in [-0.2, -0.15) is 0 Å². The quantitative estimate of drug-likeness (QED) is 0.884. The molecule has 0 saturated carbocycles. The normalized spacial score (nSPS) is 16.8. The molecule has 1 aliphatic rings. The van der Waals surface area contributed by atoms with E-state index in [2.05, 4.69) is 60.8 Å². The van der Waals surface area contributed by atoms with Crippen LogP contribution in [0.5, 0.6) is 0 Å². The molecule has 0 bridgehead atoms. The molecule has 1 unspecified atom stereocenters. The van der Waals surface area contributed by atoms with Crippen LogP contribution in [-0.4, -0.2) is 0 Å². The van der Waals surface area contributed by atoms with Crippen LogP contribution in [-0.2, 0) is 13.0 Å². The van der Waals surface area contributed by atoms with Crippen molar-refractivity contribution in [3.63, 3.8) is 0 Å². The number of rotatable bonds is 3. The zero-order valence-electron chi connectivity index (χ0n) is 11.2. The van der Waals surface area contributed by atoms with Crippen molar-refractivity contribution in [2.24, 2.45) is 0 Å². The van der Waals surface area contributed by atoms with Crippen LogP contribution in [0.25, 0.3) is 0 Å². The molecule has 2 aromatic carbocycles. The SMILES string of the molecule is Cc1ccc(CNC2CCc3ccccc32)cc1.Cl. The van der Waals surface area contributed by atoms with Crippen molar-refractivity contribution in [3.05, 3.63) is 70.8 Å². The van der Waals surface area contributed by atoms with Crippen molar-refractivity contribution in [3.8, 4) is 0 Å². The maximum Gasteiger partial charge on any atom is 0.0329 e. The molecule has 2 heteroatoms. The Labute approximate surface area is 121 Å². The molecule has 0 radical (unpaired) electrons. The molecular weight excluding hydrogens is 254 g/mol. The van der Waals surface area contributed by atoms with Crippen LogP contribution < -0.4 is 5.32 Å². The number of benzene rings is 2. The molecular formula is C17H20ClN. The third-order valence-corrected chi connectivity index (χ3v) is 3.81. The lowest BCUT2D eigenvalue weighted by Crippen LogP contribution is -2.18. The molecule has 3 rings (SSSR count). The average molecular weight is 274 g/mol. The van der Waals surface area contributed by atoms with Gasteiger partial charge < -0.3 is 5.32 Å². The van der Waals surface area contributed by atoms with Crippen molar-refractivity contribution in [2.45, 2.75) is 32.4 Å². The lowest BCUT2D eigenvalue weighted by Gasteiger charge is -2.14. The first-order chi connectivity index (χ1) is 8.83. The Hall–Kier alpha value is -1.31. The Kier molecular flexibility index (Phi) is 4.62. The van der Waals surface area contributed by atoms with Crippen molar-refractivity contribution in [1.82, 2.24) is 5.32 Å². The third-order valence-electron chi connectivity index (χ3n) is 3.81. The van der Waals surface area contributed by atoms with E-state index in [-0.39, 0.29) is 12.4 Å². The summed E-state index contributed by atoms with van der Waals surface area (Å²) < 4.78 is 0. The standard InChI is InChI=1S/C17H19N.ClH/c1-13-6-8-14(9-7-13)12-18-17-11-10-15-4-2-3-5-16(15)17;/h2-9,17-18H,10-12H2,1H3;1H. The first kappa shape index (κ1) is 14.1. The number of nitrogens with one attached hydrogen (secondary N) is 1. The second kappa shape index (κ2) is 6.23. The van der Waals surface area contributed by atoms with Crippen molar-refractivity contribution in [2.75, 3.05) is 0 Å². The number of aryl methyl sites for hydroxylation is 2. The van der Waals surface area contributed by atoms with Crippen LogP contribution in [0.4, 0.5) is 0 Å². The Morgan fingerprint density at radius 3 is 2.58 bits per heavy atom. The van der Waals surface area contributed by atoms with Gasteiger partial charge >= 0.3 is 0 Å². The lowest BCUT2D eigenvalue weighted by atomic mass is 10.1. The molecule has 1 atom stereocenters. The molecule has 1 nitrogen and oxygen atoms in total. The van der Waals surface area contributed by atoms with Gasteiger partial charge in [0.25, 0.3) is 0 Å². The maximum atomic E-state index is 3.67. The van der Waals surface area contributed by atoms with Crippen molar-refractivity contribution in [1.29, 1.82) is 0 Å². The number of hydrogen-bond acceptors (Lipinski definition) is 1. The van der Waals surface area contributed by atoms with Gasteiger partial charge in [-0.1, -0.05) is 54.1 Å². The molecule has 0 heterocycles. The molecule has 0 fully saturated rings. The summed E-state index contributed by atoms with van der Waals surface area (Å²) in [4.78, 5) is 0. The van der Waals surface area contributed by atoms with Crippen molar-refractivity contribution < 1.29 is 0 Å². The minimum absolute atomic E-state index is 0. The Morgan fingerprint density at radius 1 is 1.05 bits per heavy atom. The van der Waals surface area contributed by atoms with Crippen molar-refractivity contribution >= 4 is 12.4 Å². The highest BCUT2D eigenvalue weighted by molar-refractivity contribution is 5.85. The van der Waals surface area contributed by atoms with E-state index in [4.69, 9.17) is 0 Å². The number of fused-ring (bicyclic) bond motifs is 1. The van der Waals surface area contributed by atoms with Crippen LogP contribution in [0.1, 0.15) is 34.7 Å². The second-order valence-corrected chi connectivity index (χ2v) is 5.16. The zero-order chi connectivity index (χ0) is 12.4. The van der Waals surface area contributed by atoms with E-state index in [0.717, 1.165) is 6.54 Å². The molecule has 0 amide bonds. The summed E-state index contributed by atoms with van der Waals surface area (Å²) in [5, 5.41) is 3.67. The molecule has 1 N–H and O–H groups in total. The van der Waals surface area contributed by atoms with Gasteiger partial charge in [0, 0.05) is 12.6 Å². The third kappa shape index (κ3) is 3.17. The fraction of sp³-hybridized carbons (Fsp3) is 0.294. The lowest BCUT2D eigenvalue weighted by molar-refractivity contribution is 0.530. The van der Waals surface area contributed by atoms with Crippen LogP contribution in [0.15, 0.2) is 48.5 Å². The topological polar surface area (TPSA) is 12.0 Å². The van der Waals surface area contributed by atoms with Gasteiger partial charge in [0.15, 0.2) is 0 Å². The summed E-state index contributed by atoms with van der Waals surface area (Å²) in [6.07, 6.45) is 2.44. The molecule has 100 valence electrons. The van der Waals surface area contributed by atoms with E-state index >= 15 is 0 Å². The predicted molar refractivity (Wildman–Crippen MR) is 82.8 cm³/mol. The summed E-state index contributed by atoms with van der Waals surface area (Å²) in [6.45, 7) is 3.09. The first-order valence-electron chi connectivity index (χ1n) is 6.69. The largest absolute Gasteiger partial charge is 0.306 e. The van der Waals surface area contributed by atoms with E-state index in [1.165, 1.54) is 35.1 Å². The van der Waals surface area contributed by atoms with Gasteiger partial charge in [-0.15, -0.1) is 12.4 Å². The fourth-order valence-electron chi connectivity index (χ4n) is 2.72. The predicted octanol–water partition coefficient (Wildman–Crippen LogP) is 4.19. The Balaban J connectivity index is 0.00000133.